The second kappa shape index (κ2) is 10.2. The van der Waals surface area contributed by atoms with Crippen molar-refractivity contribution in [2.45, 2.75) is 31.7 Å². The van der Waals surface area contributed by atoms with Crippen LogP contribution in [0.1, 0.15) is 30.9 Å². The summed E-state index contributed by atoms with van der Waals surface area (Å²) in [4.78, 5) is 8.80. The monoisotopic (exact) mass is 425 g/mol. The number of fused-ring (bicyclic) bond motifs is 1. The minimum absolute atomic E-state index is 0.438. The lowest BCUT2D eigenvalue weighted by molar-refractivity contribution is 0.505. The molecule has 0 amide bonds. The van der Waals surface area contributed by atoms with Crippen molar-refractivity contribution in [2.24, 2.45) is 5.92 Å². The number of nitrogens with zero attached hydrogens (tertiary/aromatic N) is 3. The predicted octanol–water partition coefficient (Wildman–Crippen LogP) is 3.40. The number of rotatable bonds is 10. The fourth-order valence-corrected chi connectivity index (χ4v) is 5.82. The summed E-state index contributed by atoms with van der Waals surface area (Å²) < 4.78 is 14.8. The van der Waals surface area contributed by atoms with Crippen LogP contribution in [0.25, 0.3) is 11.0 Å². The zero-order chi connectivity index (χ0) is 20.8. The molecule has 160 valence electrons. The maximum absolute atomic E-state index is 12.6. The van der Waals surface area contributed by atoms with Gasteiger partial charge in [-0.3, -0.25) is 4.21 Å². The summed E-state index contributed by atoms with van der Waals surface area (Å²) in [6, 6.07) is 13.0. The smallest absolute Gasteiger partial charge is 0.145 e. The third-order valence-corrected chi connectivity index (χ3v) is 7.52. The normalized spacial score (nSPS) is 19.9. The number of nitrogens with one attached hydrogen (secondary N) is 2. The SMILES string of the molecule is CNc1ncnc2c1ccn2C1CCC(CS(=O)CCNCCc2ccccc2)C1. The second-order valence-corrected chi connectivity index (χ2v) is 9.68. The molecule has 3 aromatic rings. The molecule has 3 unspecified atom stereocenters. The second-order valence-electron chi connectivity index (χ2n) is 8.06. The van der Waals surface area contributed by atoms with Gasteiger partial charge in [-0.15, -0.1) is 0 Å². The van der Waals surface area contributed by atoms with Crippen molar-refractivity contribution in [2.75, 3.05) is 37.0 Å². The quantitative estimate of drug-likeness (QED) is 0.487. The lowest BCUT2D eigenvalue weighted by Gasteiger charge is -2.14. The van der Waals surface area contributed by atoms with Crippen LogP contribution in [0.15, 0.2) is 48.9 Å². The Morgan fingerprint density at radius 3 is 2.83 bits per heavy atom. The highest BCUT2D eigenvalue weighted by molar-refractivity contribution is 7.85. The van der Waals surface area contributed by atoms with E-state index in [1.165, 1.54) is 5.56 Å². The lowest BCUT2D eigenvalue weighted by atomic mass is 10.1. The summed E-state index contributed by atoms with van der Waals surface area (Å²) in [5.41, 5.74) is 2.33. The van der Waals surface area contributed by atoms with Gasteiger partial charge in [0.1, 0.15) is 17.8 Å². The minimum Gasteiger partial charge on any atom is -0.372 e. The van der Waals surface area contributed by atoms with Gasteiger partial charge in [0.05, 0.1) is 5.39 Å². The van der Waals surface area contributed by atoms with E-state index in [4.69, 9.17) is 0 Å². The molecule has 1 saturated carbocycles. The standard InChI is InChI=1S/C23H31N5OS/c1-24-22-21-10-13-28(23(21)27-17-26-22)20-8-7-19(15-20)16-30(29)14-12-25-11-9-18-5-3-2-4-6-18/h2-6,10,13,17,19-20,25H,7-9,11-12,14-16H2,1H3,(H,24,26,27). The average molecular weight is 426 g/mol. The first-order valence-electron chi connectivity index (χ1n) is 10.8. The molecule has 4 rings (SSSR count). The lowest BCUT2D eigenvalue weighted by Crippen LogP contribution is -2.24. The van der Waals surface area contributed by atoms with Crippen LogP contribution < -0.4 is 10.6 Å². The van der Waals surface area contributed by atoms with Gasteiger partial charge in [-0.2, -0.15) is 0 Å². The molecule has 3 atom stereocenters. The zero-order valence-corrected chi connectivity index (χ0v) is 18.4. The molecular weight excluding hydrogens is 394 g/mol. The predicted molar refractivity (Wildman–Crippen MR) is 124 cm³/mol. The molecule has 0 saturated heterocycles. The molecule has 0 bridgehead atoms. The van der Waals surface area contributed by atoms with E-state index < -0.39 is 10.8 Å². The molecule has 1 fully saturated rings. The third kappa shape index (κ3) is 5.08. The van der Waals surface area contributed by atoms with Gasteiger partial charge in [-0.1, -0.05) is 30.3 Å². The number of aromatic nitrogens is 3. The van der Waals surface area contributed by atoms with Gasteiger partial charge < -0.3 is 15.2 Å². The van der Waals surface area contributed by atoms with Crippen molar-refractivity contribution in [1.82, 2.24) is 19.9 Å². The van der Waals surface area contributed by atoms with E-state index in [1.807, 2.05) is 13.1 Å². The summed E-state index contributed by atoms with van der Waals surface area (Å²) in [7, 11) is 1.13. The fraction of sp³-hybridized carbons (Fsp3) is 0.478. The van der Waals surface area contributed by atoms with Crippen LogP contribution in [0.2, 0.25) is 0 Å². The van der Waals surface area contributed by atoms with Gasteiger partial charge in [0.25, 0.3) is 0 Å². The molecule has 0 radical (unpaired) electrons. The molecule has 2 heterocycles. The molecule has 1 aromatic carbocycles. The highest BCUT2D eigenvalue weighted by Gasteiger charge is 2.28. The van der Waals surface area contributed by atoms with Gasteiger partial charge in [0.2, 0.25) is 0 Å². The average Bonchev–Trinajstić information content (AvgIpc) is 3.40. The van der Waals surface area contributed by atoms with E-state index in [2.05, 4.69) is 61.7 Å². The van der Waals surface area contributed by atoms with Crippen LogP contribution in [0.4, 0.5) is 5.82 Å². The largest absolute Gasteiger partial charge is 0.372 e. The summed E-state index contributed by atoms with van der Waals surface area (Å²) in [6.45, 7) is 1.76. The highest BCUT2D eigenvalue weighted by Crippen LogP contribution is 2.37. The number of hydrogen-bond acceptors (Lipinski definition) is 5. The van der Waals surface area contributed by atoms with Crippen molar-refractivity contribution in [1.29, 1.82) is 0 Å². The van der Waals surface area contributed by atoms with Crippen molar-refractivity contribution in [3.8, 4) is 0 Å². The summed E-state index contributed by atoms with van der Waals surface area (Å²) in [6.07, 6.45) is 8.11. The van der Waals surface area contributed by atoms with E-state index in [1.54, 1.807) is 6.33 Å². The highest BCUT2D eigenvalue weighted by atomic mass is 32.2. The Kier molecular flexibility index (Phi) is 7.12. The van der Waals surface area contributed by atoms with Gasteiger partial charge in [0.15, 0.2) is 0 Å². The number of anilines is 1. The Labute approximate surface area is 181 Å². The van der Waals surface area contributed by atoms with Crippen LogP contribution in [-0.4, -0.2) is 50.4 Å². The van der Waals surface area contributed by atoms with Crippen LogP contribution in [0, 0.1) is 5.92 Å². The van der Waals surface area contributed by atoms with Crippen LogP contribution >= 0.6 is 0 Å². The van der Waals surface area contributed by atoms with Gasteiger partial charge >= 0.3 is 0 Å². The zero-order valence-electron chi connectivity index (χ0n) is 17.6. The Morgan fingerprint density at radius 2 is 2.00 bits per heavy atom. The molecule has 2 aromatic heterocycles. The van der Waals surface area contributed by atoms with Crippen LogP contribution in [-0.2, 0) is 17.2 Å². The molecule has 7 heteroatoms. The molecule has 1 aliphatic rings. The third-order valence-electron chi connectivity index (χ3n) is 6.01. The van der Waals surface area contributed by atoms with E-state index in [0.717, 1.165) is 67.1 Å². The molecule has 0 aliphatic heterocycles. The van der Waals surface area contributed by atoms with E-state index in [0.29, 0.717) is 12.0 Å². The molecule has 1 aliphatic carbocycles. The number of benzene rings is 1. The number of hydrogen-bond donors (Lipinski definition) is 2. The summed E-state index contributed by atoms with van der Waals surface area (Å²) in [5.74, 6) is 2.95. The molecular formula is C23H31N5OS. The Hall–Kier alpha value is -2.25. The van der Waals surface area contributed by atoms with Crippen molar-refractivity contribution < 1.29 is 4.21 Å². The van der Waals surface area contributed by atoms with Crippen LogP contribution in [0.3, 0.4) is 0 Å². The molecule has 30 heavy (non-hydrogen) atoms. The Balaban J connectivity index is 1.21. The first kappa shape index (κ1) is 21.0. The van der Waals surface area contributed by atoms with Crippen molar-refractivity contribution in [3.05, 3.63) is 54.5 Å². The molecule has 6 nitrogen and oxygen atoms in total. The summed E-state index contributed by atoms with van der Waals surface area (Å²) >= 11 is 0. The fourth-order valence-electron chi connectivity index (χ4n) is 4.45. The summed E-state index contributed by atoms with van der Waals surface area (Å²) in [5, 5.41) is 7.63. The van der Waals surface area contributed by atoms with Gasteiger partial charge in [0, 0.05) is 48.1 Å². The topological polar surface area (TPSA) is 71.8 Å². The van der Waals surface area contributed by atoms with E-state index >= 15 is 0 Å². The Morgan fingerprint density at radius 1 is 1.13 bits per heavy atom. The van der Waals surface area contributed by atoms with Crippen molar-refractivity contribution in [3.63, 3.8) is 0 Å². The molecule has 0 spiro atoms. The van der Waals surface area contributed by atoms with Gasteiger partial charge in [-0.05, 0) is 49.8 Å². The minimum atomic E-state index is -0.759. The maximum Gasteiger partial charge on any atom is 0.145 e. The van der Waals surface area contributed by atoms with Gasteiger partial charge in [-0.25, -0.2) is 9.97 Å². The Bertz CT molecular complexity index is 974. The molecule has 2 N–H and O–H groups in total. The first-order chi connectivity index (χ1) is 14.7. The van der Waals surface area contributed by atoms with Crippen LogP contribution in [0.5, 0.6) is 0 Å². The first-order valence-corrected chi connectivity index (χ1v) is 12.3. The maximum atomic E-state index is 12.6. The van der Waals surface area contributed by atoms with Crippen molar-refractivity contribution >= 4 is 27.7 Å². The van der Waals surface area contributed by atoms with E-state index in [-0.39, 0.29) is 0 Å². The van der Waals surface area contributed by atoms with E-state index in [9.17, 15) is 4.21 Å².